The van der Waals surface area contributed by atoms with Crippen LogP contribution in [0.25, 0.3) is 16.8 Å². The Bertz CT molecular complexity index is 1150. The molecular formula is C25H28FN5O2. The minimum absolute atomic E-state index is 0.0224. The second-order valence-corrected chi connectivity index (χ2v) is 9.21. The van der Waals surface area contributed by atoms with Crippen LogP contribution in [-0.4, -0.2) is 45.4 Å². The Morgan fingerprint density at radius 2 is 1.94 bits per heavy atom. The monoisotopic (exact) mass is 449 g/mol. The molecule has 2 aliphatic heterocycles. The van der Waals surface area contributed by atoms with Gasteiger partial charge in [0.2, 0.25) is 11.8 Å². The first-order valence-electron chi connectivity index (χ1n) is 11.5. The van der Waals surface area contributed by atoms with Crippen molar-refractivity contribution in [3.8, 4) is 11.3 Å². The van der Waals surface area contributed by atoms with Crippen LogP contribution in [-0.2, 0) is 22.7 Å². The van der Waals surface area contributed by atoms with Crippen LogP contribution in [0.5, 0.6) is 0 Å². The van der Waals surface area contributed by atoms with E-state index in [9.17, 15) is 14.0 Å². The first-order chi connectivity index (χ1) is 15.9. The fourth-order valence-electron chi connectivity index (χ4n) is 4.65. The molecule has 7 nitrogen and oxygen atoms in total. The molecule has 1 aliphatic carbocycles. The van der Waals surface area contributed by atoms with Gasteiger partial charge in [-0.15, -0.1) is 0 Å². The lowest BCUT2D eigenvalue weighted by Gasteiger charge is -2.30. The quantitative estimate of drug-likeness (QED) is 0.760. The number of fused-ring (bicyclic) bond motifs is 1. The zero-order valence-electron chi connectivity index (χ0n) is 18.9. The van der Waals surface area contributed by atoms with Gasteiger partial charge in [-0.3, -0.25) is 19.3 Å². The molecule has 2 aromatic rings. The van der Waals surface area contributed by atoms with Crippen molar-refractivity contribution in [2.45, 2.75) is 52.4 Å². The highest BCUT2D eigenvalue weighted by molar-refractivity contribution is 5.92. The molecule has 3 aliphatic rings. The van der Waals surface area contributed by atoms with Crippen molar-refractivity contribution in [2.75, 3.05) is 6.54 Å². The van der Waals surface area contributed by atoms with Crippen LogP contribution in [0.15, 0.2) is 35.3 Å². The summed E-state index contributed by atoms with van der Waals surface area (Å²) in [4.78, 5) is 30.9. The van der Waals surface area contributed by atoms with Gasteiger partial charge >= 0.3 is 0 Å². The molecule has 172 valence electrons. The van der Waals surface area contributed by atoms with Crippen LogP contribution < -0.4 is 5.32 Å². The Balaban J connectivity index is 1.52. The van der Waals surface area contributed by atoms with Crippen molar-refractivity contribution in [1.29, 1.82) is 0 Å². The third kappa shape index (κ3) is 4.34. The van der Waals surface area contributed by atoms with Crippen molar-refractivity contribution in [3.63, 3.8) is 0 Å². The van der Waals surface area contributed by atoms with Gasteiger partial charge < -0.3 is 10.2 Å². The minimum atomic E-state index is -0.361. The summed E-state index contributed by atoms with van der Waals surface area (Å²) in [6.45, 7) is 5.28. The zero-order chi connectivity index (χ0) is 23.1. The average molecular weight is 450 g/mol. The molecule has 33 heavy (non-hydrogen) atoms. The molecule has 3 heterocycles. The molecule has 2 unspecified atom stereocenters. The van der Waals surface area contributed by atoms with Crippen molar-refractivity contribution in [1.82, 2.24) is 20.0 Å². The lowest BCUT2D eigenvalue weighted by molar-refractivity contribution is -0.130. The lowest BCUT2D eigenvalue weighted by Crippen LogP contribution is -2.40. The minimum Gasteiger partial charge on any atom is -0.335 e. The van der Waals surface area contributed by atoms with Crippen LogP contribution >= 0.6 is 0 Å². The maximum atomic E-state index is 13.6. The Hall–Kier alpha value is -3.29. The normalized spacial score (nSPS) is 22.0. The summed E-state index contributed by atoms with van der Waals surface area (Å²) in [6.07, 6.45) is 6.14. The largest absolute Gasteiger partial charge is 0.335 e. The van der Waals surface area contributed by atoms with E-state index in [0.717, 1.165) is 40.9 Å². The van der Waals surface area contributed by atoms with Crippen LogP contribution in [0.2, 0.25) is 0 Å². The molecular weight excluding hydrogens is 421 g/mol. The van der Waals surface area contributed by atoms with Gasteiger partial charge in [0.25, 0.3) is 0 Å². The summed E-state index contributed by atoms with van der Waals surface area (Å²) in [6, 6.07) is 6.32. The molecule has 0 bridgehead atoms. The van der Waals surface area contributed by atoms with E-state index in [1.807, 2.05) is 15.7 Å². The Morgan fingerprint density at radius 3 is 2.64 bits per heavy atom. The molecule has 1 saturated carbocycles. The lowest BCUT2D eigenvalue weighted by atomic mass is 9.86. The summed E-state index contributed by atoms with van der Waals surface area (Å²) in [5.74, 6) is 0.176. The van der Waals surface area contributed by atoms with Crippen LogP contribution in [0, 0.1) is 17.7 Å². The summed E-state index contributed by atoms with van der Waals surface area (Å²) < 4.78 is 15.6. The van der Waals surface area contributed by atoms with Gasteiger partial charge in [0.05, 0.1) is 18.8 Å². The predicted molar refractivity (Wildman–Crippen MR) is 124 cm³/mol. The van der Waals surface area contributed by atoms with Gasteiger partial charge in [-0.1, -0.05) is 6.92 Å². The standard InChI is InChI=1S/C25H28FN5O2/c1-15-20(9-10-27-25(15)28-22(33)13-17-3-4-17)23-21-14-30(16(2)32)11-12-31(21)29-24(23)18-5-7-19(26)8-6-18/h5-10,15,17,25H,3-4,11-14H2,1-2H3,(H,28,33). The number of allylic oxidation sites excluding steroid dienone is 1. The zero-order valence-corrected chi connectivity index (χ0v) is 18.9. The van der Waals surface area contributed by atoms with E-state index in [-0.39, 0.29) is 29.7 Å². The number of dihydropyridines is 1. The number of nitrogens with one attached hydrogen (secondary N) is 1. The fraction of sp³-hybridized carbons (Fsp3) is 0.440. The van der Waals surface area contributed by atoms with E-state index >= 15 is 0 Å². The topological polar surface area (TPSA) is 79.6 Å². The van der Waals surface area contributed by atoms with E-state index in [4.69, 9.17) is 5.10 Å². The highest BCUT2D eigenvalue weighted by Crippen LogP contribution is 2.39. The maximum absolute atomic E-state index is 13.6. The number of carbonyl (C=O) groups excluding carboxylic acids is 2. The van der Waals surface area contributed by atoms with E-state index in [1.54, 1.807) is 25.3 Å². The number of halogens is 1. The summed E-state index contributed by atoms with van der Waals surface area (Å²) in [5.41, 5.74) is 4.46. The van der Waals surface area contributed by atoms with Crippen LogP contribution in [0.3, 0.4) is 0 Å². The van der Waals surface area contributed by atoms with Gasteiger partial charge in [0.1, 0.15) is 17.7 Å². The molecule has 1 aromatic carbocycles. The highest BCUT2D eigenvalue weighted by Gasteiger charge is 2.34. The molecule has 0 radical (unpaired) electrons. The molecule has 1 aromatic heterocycles. The molecule has 5 rings (SSSR count). The van der Waals surface area contributed by atoms with E-state index < -0.39 is 0 Å². The average Bonchev–Trinajstić information content (AvgIpc) is 3.52. The first-order valence-corrected chi connectivity index (χ1v) is 11.5. The molecule has 0 spiro atoms. The number of rotatable bonds is 5. The second-order valence-electron chi connectivity index (χ2n) is 9.21. The molecule has 1 N–H and O–H groups in total. The SMILES string of the molecule is CC(=O)N1CCn2nc(-c3ccc(F)cc3)c(C3=CC=NC(NC(=O)CC4CC4)C3C)c2C1. The number of aliphatic imine (C=N–C) groups is 1. The summed E-state index contributed by atoms with van der Waals surface area (Å²) in [7, 11) is 0. The smallest absolute Gasteiger partial charge is 0.221 e. The third-order valence-corrected chi connectivity index (χ3v) is 6.78. The molecule has 8 heteroatoms. The third-order valence-electron chi connectivity index (χ3n) is 6.78. The molecule has 2 amide bonds. The van der Waals surface area contributed by atoms with E-state index in [1.165, 1.54) is 12.1 Å². The predicted octanol–water partition coefficient (Wildman–Crippen LogP) is 3.40. The fourth-order valence-corrected chi connectivity index (χ4v) is 4.65. The van der Waals surface area contributed by atoms with Gasteiger partial charge in [0, 0.05) is 43.1 Å². The molecule has 1 fully saturated rings. The van der Waals surface area contributed by atoms with Crippen LogP contribution in [0.4, 0.5) is 4.39 Å². The number of amides is 2. The Kier molecular flexibility index (Phi) is 5.60. The van der Waals surface area contributed by atoms with Gasteiger partial charge in [-0.2, -0.15) is 5.10 Å². The second kappa shape index (κ2) is 8.57. The van der Waals surface area contributed by atoms with Crippen LogP contribution in [0.1, 0.15) is 44.4 Å². The van der Waals surface area contributed by atoms with Crippen molar-refractivity contribution < 1.29 is 14.0 Å². The number of hydrogen-bond donors (Lipinski definition) is 1. The van der Waals surface area contributed by atoms with E-state index in [2.05, 4.69) is 17.2 Å². The number of carbonyl (C=O) groups is 2. The number of benzene rings is 1. The highest BCUT2D eigenvalue weighted by atomic mass is 19.1. The van der Waals surface area contributed by atoms with Gasteiger partial charge in [-0.25, -0.2) is 4.39 Å². The summed E-state index contributed by atoms with van der Waals surface area (Å²) >= 11 is 0. The Labute approximate surface area is 192 Å². The molecule has 2 atom stereocenters. The number of hydrogen-bond acceptors (Lipinski definition) is 4. The Morgan fingerprint density at radius 1 is 1.18 bits per heavy atom. The van der Waals surface area contributed by atoms with Crippen molar-refractivity contribution in [2.24, 2.45) is 16.8 Å². The van der Waals surface area contributed by atoms with Gasteiger partial charge in [0.15, 0.2) is 0 Å². The van der Waals surface area contributed by atoms with Crippen molar-refractivity contribution >= 4 is 23.6 Å². The molecule has 0 saturated heterocycles. The number of aromatic nitrogens is 2. The van der Waals surface area contributed by atoms with Crippen molar-refractivity contribution in [3.05, 3.63) is 47.4 Å². The maximum Gasteiger partial charge on any atom is 0.221 e. The van der Waals surface area contributed by atoms with E-state index in [0.29, 0.717) is 32.0 Å². The first kappa shape index (κ1) is 21.6. The number of nitrogens with zero attached hydrogens (tertiary/aromatic N) is 4. The summed E-state index contributed by atoms with van der Waals surface area (Å²) in [5, 5.41) is 7.96. The van der Waals surface area contributed by atoms with Gasteiger partial charge in [-0.05, 0) is 54.7 Å².